The summed E-state index contributed by atoms with van der Waals surface area (Å²) >= 11 is 3.38. The first-order valence-corrected chi connectivity index (χ1v) is 9.45. The standard InChI is InChI=1S/C14H19BrN2O3S/c1-11-5-6-13(12(15)9-11)17(21(2,19)20)10-14(18)16-7-3-4-8-16/h5-6,9H,3-4,7-8,10H2,1-2H3. The number of carbonyl (C=O) groups excluding carboxylic acids is 1. The number of rotatable bonds is 4. The van der Waals surface area contributed by atoms with E-state index in [1.54, 1.807) is 11.0 Å². The molecular weight excluding hydrogens is 356 g/mol. The summed E-state index contributed by atoms with van der Waals surface area (Å²) in [6.07, 6.45) is 3.09. The average molecular weight is 375 g/mol. The van der Waals surface area contributed by atoms with Crippen LogP contribution >= 0.6 is 15.9 Å². The van der Waals surface area contributed by atoms with Gasteiger partial charge in [-0.25, -0.2) is 8.42 Å². The summed E-state index contributed by atoms with van der Waals surface area (Å²) in [5.74, 6) is -0.148. The lowest BCUT2D eigenvalue weighted by atomic mass is 10.2. The molecule has 0 bridgehead atoms. The van der Waals surface area contributed by atoms with Gasteiger partial charge in [-0.3, -0.25) is 9.10 Å². The summed E-state index contributed by atoms with van der Waals surface area (Å²) in [5.41, 5.74) is 1.51. The van der Waals surface area contributed by atoms with Crippen molar-refractivity contribution < 1.29 is 13.2 Å². The number of amides is 1. The number of nitrogens with zero attached hydrogens (tertiary/aromatic N) is 2. The van der Waals surface area contributed by atoms with Crippen LogP contribution in [0.4, 0.5) is 5.69 Å². The first-order valence-electron chi connectivity index (χ1n) is 6.80. The molecular formula is C14H19BrN2O3S. The van der Waals surface area contributed by atoms with E-state index in [9.17, 15) is 13.2 Å². The van der Waals surface area contributed by atoms with Crippen molar-refractivity contribution in [2.24, 2.45) is 0 Å². The van der Waals surface area contributed by atoms with Crippen molar-refractivity contribution in [1.82, 2.24) is 4.90 Å². The Morgan fingerprint density at radius 2 is 1.95 bits per heavy atom. The van der Waals surface area contributed by atoms with Crippen LogP contribution in [0, 0.1) is 6.92 Å². The molecule has 0 saturated carbocycles. The van der Waals surface area contributed by atoms with E-state index in [0.29, 0.717) is 23.2 Å². The average Bonchev–Trinajstić information content (AvgIpc) is 2.89. The van der Waals surface area contributed by atoms with Crippen molar-refractivity contribution in [3.8, 4) is 0 Å². The van der Waals surface area contributed by atoms with Crippen molar-refractivity contribution in [1.29, 1.82) is 0 Å². The van der Waals surface area contributed by atoms with Gasteiger partial charge >= 0.3 is 0 Å². The van der Waals surface area contributed by atoms with Gasteiger partial charge in [0.15, 0.2) is 0 Å². The number of anilines is 1. The lowest BCUT2D eigenvalue weighted by Crippen LogP contribution is -2.41. The summed E-state index contributed by atoms with van der Waals surface area (Å²) in [6, 6.07) is 5.39. The number of likely N-dealkylation sites (tertiary alicyclic amines) is 1. The Hall–Kier alpha value is -1.08. The molecule has 0 spiro atoms. The van der Waals surface area contributed by atoms with Crippen LogP contribution in [-0.4, -0.2) is 45.1 Å². The highest BCUT2D eigenvalue weighted by Gasteiger charge is 2.26. The van der Waals surface area contributed by atoms with E-state index >= 15 is 0 Å². The Balaban J connectivity index is 2.29. The number of aryl methyl sites for hydroxylation is 1. The van der Waals surface area contributed by atoms with Crippen molar-refractivity contribution in [3.05, 3.63) is 28.2 Å². The summed E-state index contributed by atoms with van der Waals surface area (Å²) in [5, 5.41) is 0. The van der Waals surface area contributed by atoms with Gasteiger partial charge in [-0.2, -0.15) is 0 Å². The molecule has 1 aliphatic heterocycles. The largest absolute Gasteiger partial charge is 0.341 e. The molecule has 1 aromatic rings. The van der Waals surface area contributed by atoms with E-state index in [-0.39, 0.29) is 12.5 Å². The highest BCUT2D eigenvalue weighted by Crippen LogP contribution is 2.29. The van der Waals surface area contributed by atoms with Gasteiger partial charge in [0, 0.05) is 17.6 Å². The zero-order valence-corrected chi connectivity index (χ0v) is 14.6. The normalized spacial score (nSPS) is 15.3. The molecule has 0 aromatic heterocycles. The number of hydrogen-bond donors (Lipinski definition) is 0. The fourth-order valence-corrected chi connectivity index (χ4v) is 4.07. The van der Waals surface area contributed by atoms with Crippen LogP contribution in [0.5, 0.6) is 0 Å². The van der Waals surface area contributed by atoms with E-state index in [2.05, 4.69) is 15.9 Å². The Morgan fingerprint density at radius 1 is 1.33 bits per heavy atom. The topological polar surface area (TPSA) is 57.7 Å². The van der Waals surface area contributed by atoms with Crippen LogP contribution in [-0.2, 0) is 14.8 Å². The predicted molar refractivity (Wildman–Crippen MR) is 86.9 cm³/mol. The van der Waals surface area contributed by atoms with Crippen molar-refractivity contribution in [3.63, 3.8) is 0 Å². The molecule has 1 aliphatic rings. The second kappa shape index (κ2) is 6.36. The SMILES string of the molecule is Cc1ccc(N(CC(=O)N2CCCC2)S(C)(=O)=O)c(Br)c1. The molecule has 21 heavy (non-hydrogen) atoms. The van der Waals surface area contributed by atoms with E-state index in [4.69, 9.17) is 0 Å². The third-order valence-corrected chi connectivity index (χ3v) is 5.27. The van der Waals surface area contributed by atoms with Crippen LogP contribution < -0.4 is 4.31 Å². The number of hydrogen-bond acceptors (Lipinski definition) is 3. The fourth-order valence-electron chi connectivity index (χ4n) is 2.38. The predicted octanol–water partition coefficient (Wildman–Crippen LogP) is 2.15. The minimum Gasteiger partial charge on any atom is -0.341 e. The maximum atomic E-state index is 12.3. The van der Waals surface area contributed by atoms with E-state index in [0.717, 1.165) is 29.0 Å². The van der Waals surface area contributed by atoms with Gasteiger partial charge in [0.25, 0.3) is 0 Å². The Morgan fingerprint density at radius 3 is 2.48 bits per heavy atom. The number of halogens is 1. The van der Waals surface area contributed by atoms with Gasteiger partial charge in [0.1, 0.15) is 6.54 Å². The molecule has 2 rings (SSSR count). The third kappa shape index (κ3) is 3.97. The van der Waals surface area contributed by atoms with Crippen LogP contribution in [0.3, 0.4) is 0 Å². The Kier molecular flexibility index (Phi) is 4.93. The van der Waals surface area contributed by atoms with Crippen molar-refractivity contribution >= 4 is 37.5 Å². The highest BCUT2D eigenvalue weighted by molar-refractivity contribution is 9.10. The first kappa shape index (κ1) is 16.3. The van der Waals surface area contributed by atoms with Gasteiger partial charge in [0.2, 0.25) is 15.9 Å². The smallest absolute Gasteiger partial charge is 0.243 e. The number of sulfonamides is 1. The molecule has 0 unspecified atom stereocenters. The monoisotopic (exact) mass is 374 g/mol. The maximum Gasteiger partial charge on any atom is 0.243 e. The molecule has 5 nitrogen and oxygen atoms in total. The zero-order valence-electron chi connectivity index (χ0n) is 12.2. The molecule has 7 heteroatoms. The first-order chi connectivity index (χ1) is 9.79. The van der Waals surface area contributed by atoms with Gasteiger partial charge in [-0.05, 0) is 53.4 Å². The summed E-state index contributed by atoms with van der Waals surface area (Å²) in [6.45, 7) is 3.20. The van der Waals surface area contributed by atoms with Crippen LogP contribution in [0.15, 0.2) is 22.7 Å². The highest BCUT2D eigenvalue weighted by atomic mass is 79.9. The lowest BCUT2D eigenvalue weighted by Gasteiger charge is -2.25. The molecule has 116 valence electrons. The maximum absolute atomic E-state index is 12.3. The van der Waals surface area contributed by atoms with Gasteiger partial charge in [0.05, 0.1) is 11.9 Å². The molecule has 0 aliphatic carbocycles. The minimum absolute atomic E-state index is 0.148. The quantitative estimate of drug-likeness (QED) is 0.810. The Bertz CT molecular complexity index is 640. The molecule has 1 heterocycles. The third-order valence-electron chi connectivity index (χ3n) is 3.51. The molecule has 0 N–H and O–H groups in total. The van der Waals surface area contributed by atoms with Gasteiger partial charge in [-0.15, -0.1) is 0 Å². The molecule has 0 radical (unpaired) electrons. The molecule has 1 saturated heterocycles. The van der Waals surface area contributed by atoms with Gasteiger partial charge < -0.3 is 4.90 Å². The molecule has 1 fully saturated rings. The molecule has 0 atom stereocenters. The summed E-state index contributed by atoms with van der Waals surface area (Å²) in [4.78, 5) is 14.0. The van der Waals surface area contributed by atoms with Crippen molar-refractivity contribution in [2.75, 3.05) is 30.2 Å². The van der Waals surface area contributed by atoms with E-state index < -0.39 is 10.0 Å². The zero-order chi connectivity index (χ0) is 15.6. The van der Waals surface area contributed by atoms with Gasteiger partial charge in [-0.1, -0.05) is 6.07 Å². The summed E-state index contributed by atoms with van der Waals surface area (Å²) < 4.78 is 25.9. The second-order valence-electron chi connectivity index (χ2n) is 5.31. The molecule has 1 aromatic carbocycles. The van der Waals surface area contributed by atoms with E-state index in [1.165, 1.54) is 0 Å². The van der Waals surface area contributed by atoms with Crippen LogP contribution in [0.25, 0.3) is 0 Å². The van der Waals surface area contributed by atoms with E-state index in [1.807, 2.05) is 19.1 Å². The Labute approximate surface area is 134 Å². The minimum atomic E-state index is -3.52. The van der Waals surface area contributed by atoms with Crippen LogP contribution in [0.1, 0.15) is 18.4 Å². The number of benzene rings is 1. The van der Waals surface area contributed by atoms with Crippen molar-refractivity contribution in [2.45, 2.75) is 19.8 Å². The molecule has 1 amide bonds. The number of carbonyl (C=O) groups is 1. The second-order valence-corrected chi connectivity index (χ2v) is 8.07. The summed E-state index contributed by atoms with van der Waals surface area (Å²) in [7, 11) is -3.52. The van der Waals surface area contributed by atoms with Crippen LogP contribution in [0.2, 0.25) is 0 Å². The lowest BCUT2D eigenvalue weighted by molar-refractivity contribution is -0.128. The fraction of sp³-hybridized carbons (Fsp3) is 0.500.